The topological polar surface area (TPSA) is 69.4 Å². The van der Waals surface area contributed by atoms with Gasteiger partial charge in [0, 0.05) is 17.5 Å². The molecule has 0 spiro atoms. The molecule has 24 heavy (non-hydrogen) atoms. The third kappa shape index (κ3) is 5.06. The Hall–Kier alpha value is -2.40. The van der Waals surface area contributed by atoms with Crippen LogP contribution in [0.4, 0.5) is 5.69 Å². The van der Waals surface area contributed by atoms with Gasteiger partial charge in [0.1, 0.15) is 0 Å². The highest BCUT2D eigenvalue weighted by molar-refractivity contribution is 6.21. The summed E-state index contributed by atoms with van der Waals surface area (Å²) in [5, 5.41) is 10.4. The summed E-state index contributed by atoms with van der Waals surface area (Å²) < 4.78 is 4.88. The molecule has 0 N–H and O–H groups in total. The summed E-state index contributed by atoms with van der Waals surface area (Å²) in [6, 6.07) is 14.2. The molecular weight excluding hydrogens is 330 g/mol. The van der Waals surface area contributed by atoms with Gasteiger partial charge in [-0.15, -0.1) is 11.6 Å². The van der Waals surface area contributed by atoms with E-state index < -0.39 is 4.92 Å². The number of nitrogens with zero attached hydrogens (tertiary/aromatic N) is 1. The number of ether oxygens (including phenoxy) is 1. The van der Waals surface area contributed by atoms with Crippen LogP contribution < -0.4 is 0 Å². The number of nitro groups is 1. The zero-order valence-corrected chi connectivity index (χ0v) is 14.0. The Balaban J connectivity index is 1.99. The van der Waals surface area contributed by atoms with Crippen LogP contribution in [0.2, 0.25) is 0 Å². The third-order valence-electron chi connectivity index (χ3n) is 3.52. The Morgan fingerprint density at radius 2 is 1.67 bits per heavy atom. The van der Waals surface area contributed by atoms with Crippen molar-refractivity contribution in [2.24, 2.45) is 0 Å². The van der Waals surface area contributed by atoms with Crippen LogP contribution in [0.15, 0.2) is 48.5 Å². The quantitative estimate of drug-likeness (QED) is 0.323. The van der Waals surface area contributed by atoms with Crippen molar-refractivity contribution >= 4 is 23.3 Å². The molecule has 6 heteroatoms. The van der Waals surface area contributed by atoms with E-state index in [4.69, 9.17) is 16.3 Å². The number of hydrogen-bond donors (Lipinski definition) is 0. The molecule has 126 valence electrons. The number of nitro benzene ring substituents is 1. The molecule has 0 saturated heterocycles. The highest BCUT2D eigenvalue weighted by atomic mass is 35.5. The van der Waals surface area contributed by atoms with Crippen LogP contribution in [-0.2, 0) is 16.0 Å². The highest BCUT2D eigenvalue weighted by Gasteiger charge is 2.13. The first-order valence-corrected chi connectivity index (χ1v) is 8.06. The van der Waals surface area contributed by atoms with Crippen molar-refractivity contribution < 1.29 is 14.5 Å². The number of halogens is 1. The summed E-state index contributed by atoms with van der Waals surface area (Å²) in [6.45, 7) is 2.12. The molecule has 0 aromatic heterocycles. The lowest BCUT2D eigenvalue weighted by atomic mass is 10.0. The summed E-state index contributed by atoms with van der Waals surface area (Å²) in [5.74, 6) is -0.292. The van der Waals surface area contributed by atoms with Gasteiger partial charge in [-0.1, -0.05) is 24.3 Å². The molecule has 2 aromatic rings. The van der Waals surface area contributed by atoms with Crippen molar-refractivity contribution in [3.8, 4) is 11.1 Å². The van der Waals surface area contributed by atoms with Gasteiger partial charge in [-0.3, -0.25) is 14.9 Å². The third-order valence-corrected chi connectivity index (χ3v) is 3.82. The Bertz CT molecular complexity index is 698. The Morgan fingerprint density at radius 1 is 1.12 bits per heavy atom. The molecular formula is C18H18ClNO4. The first-order chi connectivity index (χ1) is 11.5. The molecule has 1 unspecified atom stereocenters. The standard InChI is InChI=1S/C18H18ClNO4/c1-2-24-18(21)12-16(19)11-13-3-5-14(6-4-13)15-7-9-17(10-8-15)20(22)23/h3-10,16H,2,11-12H2,1H3. The predicted molar refractivity (Wildman–Crippen MR) is 93.1 cm³/mol. The Labute approximate surface area is 145 Å². The lowest BCUT2D eigenvalue weighted by Gasteiger charge is -2.09. The second-order valence-corrected chi connectivity index (χ2v) is 5.93. The first kappa shape index (κ1) is 17.9. The van der Waals surface area contributed by atoms with Crippen molar-refractivity contribution in [3.05, 3.63) is 64.2 Å². The molecule has 2 rings (SSSR count). The average Bonchev–Trinajstić information content (AvgIpc) is 2.55. The van der Waals surface area contributed by atoms with Gasteiger partial charge in [-0.2, -0.15) is 0 Å². The van der Waals surface area contributed by atoms with Crippen molar-refractivity contribution in [2.75, 3.05) is 6.61 Å². The zero-order valence-electron chi connectivity index (χ0n) is 13.3. The molecule has 0 heterocycles. The van der Waals surface area contributed by atoms with Gasteiger partial charge in [0.25, 0.3) is 5.69 Å². The van der Waals surface area contributed by atoms with Gasteiger partial charge in [-0.05, 0) is 42.2 Å². The van der Waals surface area contributed by atoms with E-state index in [0.29, 0.717) is 13.0 Å². The number of hydrogen-bond acceptors (Lipinski definition) is 4. The number of carbonyl (C=O) groups excluding carboxylic acids is 1. The van der Waals surface area contributed by atoms with Gasteiger partial charge < -0.3 is 4.74 Å². The molecule has 0 aliphatic heterocycles. The van der Waals surface area contributed by atoms with E-state index in [-0.39, 0.29) is 23.5 Å². The molecule has 0 bridgehead atoms. The molecule has 0 amide bonds. The lowest BCUT2D eigenvalue weighted by molar-refractivity contribution is -0.384. The van der Waals surface area contributed by atoms with Gasteiger partial charge in [-0.25, -0.2) is 0 Å². The Kier molecular flexibility index (Phi) is 6.32. The largest absolute Gasteiger partial charge is 0.466 e. The van der Waals surface area contributed by atoms with Crippen LogP contribution in [0.1, 0.15) is 18.9 Å². The van der Waals surface area contributed by atoms with E-state index in [1.54, 1.807) is 19.1 Å². The number of non-ortho nitro benzene ring substituents is 1. The molecule has 5 nitrogen and oxygen atoms in total. The number of alkyl halides is 1. The van der Waals surface area contributed by atoms with E-state index in [9.17, 15) is 14.9 Å². The van der Waals surface area contributed by atoms with Gasteiger partial charge in [0.2, 0.25) is 0 Å². The van der Waals surface area contributed by atoms with Crippen LogP contribution in [0.3, 0.4) is 0 Å². The van der Waals surface area contributed by atoms with Gasteiger partial charge in [0.15, 0.2) is 0 Å². The molecule has 0 saturated carbocycles. The fourth-order valence-electron chi connectivity index (χ4n) is 2.34. The molecule has 0 fully saturated rings. The normalized spacial score (nSPS) is 11.8. The maximum absolute atomic E-state index is 11.4. The molecule has 0 aliphatic carbocycles. The zero-order chi connectivity index (χ0) is 17.5. The van der Waals surface area contributed by atoms with Crippen LogP contribution in [0.25, 0.3) is 11.1 Å². The van der Waals surface area contributed by atoms with E-state index in [1.165, 1.54) is 12.1 Å². The van der Waals surface area contributed by atoms with Crippen LogP contribution in [-0.4, -0.2) is 22.9 Å². The van der Waals surface area contributed by atoms with Gasteiger partial charge >= 0.3 is 5.97 Å². The number of rotatable bonds is 7. The fraction of sp³-hybridized carbons (Fsp3) is 0.278. The first-order valence-electron chi connectivity index (χ1n) is 7.63. The van der Waals surface area contributed by atoms with Crippen molar-refractivity contribution in [2.45, 2.75) is 25.1 Å². The molecule has 1 atom stereocenters. The van der Waals surface area contributed by atoms with E-state index in [0.717, 1.165) is 16.7 Å². The van der Waals surface area contributed by atoms with Crippen LogP contribution in [0, 0.1) is 10.1 Å². The number of carbonyl (C=O) groups is 1. The van der Waals surface area contributed by atoms with E-state index in [1.807, 2.05) is 24.3 Å². The summed E-state index contributed by atoms with van der Waals surface area (Å²) >= 11 is 6.19. The van der Waals surface area contributed by atoms with E-state index >= 15 is 0 Å². The minimum absolute atomic E-state index is 0.0688. The second-order valence-electron chi connectivity index (χ2n) is 5.31. The van der Waals surface area contributed by atoms with Crippen molar-refractivity contribution in [1.82, 2.24) is 0 Å². The van der Waals surface area contributed by atoms with E-state index in [2.05, 4.69) is 0 Å². The maximum atomic E-state index is 11.4. The highest BCUT2D eigenvalue weighted by Crippen LogP contribution is 2.23. The van der Waals surface area contributed by atoms with Gasteiger partial charge in [0.05, 0.1) is 18.0 Å². The minimum atomic E-state index is -0.420. The smallest absolute Gasteiger partial charge is 0.307 e. The molecule has 0 radical (unpaired) electrons. The summed E-state index contributed by atoms with van der Waals surface area (Å²) in [5.41, 5.74) is 2.95. The predicted octanol–water partition coefficient (Wildman–Crippen LogP) is 4.36. The average molecular weight is 348 g/mol. The fourth-order valence-corrected chi connectivity index (χ4v) is 2.64. The number of esters is 1. The maximum Gasteiger partial charge on any atom is 0.307 e. The van der Waals surface area contributed by atoms with Crippen LogP contribution in [0.5, 0.6) is 0 Å². The monoisotopic (exact) mass is 347 g/mol. The van der Waals surface area contributed by atoms with Crippen molar-refractivity contribution in [1.29, 1.82) is 0 Å². The summed E-state index contributed by atoms with van der Waals surface area (Å²) in [7, 11) is 0. The molecule has 2 aromatic carbocycles. The summed E-state index contributed by atoms with van der Waals surface area (Å²) in [6.07, 6.45) is 0.750. The van der Waals surface area contributed by atoms with Crippen LogP contribution >= 0.6 is 11.6 Å². The van der Waals surface area contributed by atoms with Crippen molar-refractivity contribution in [3.63, 3.8) is 0 Å². The minimum Gasteiger partial charge on any atom is -0.466 e. The summed E-state index contributed by atoms with van der Waals surface area (Å²) in [4.78, 5) is 21.7. The lowest BCUT2D eigenvalue weighted by Crippen LogP contribution is -2.13. The Morgan fingerprint density at radius 3 is 2.17 bits per heavy atom. The number of benzene rings is 2. The second kappa shape index (κ2) is 8.45. The molecule has 0 aliphatic rings. The SMILES string of the molecule is CCOC(=O)CC(Cl)Cc1ccc(-c2ccc([N+](=O)[O-])cc2)cc1.